The molecule has 0 spiro atoms. The number of nitrogens with one attached hydrogen (secondary N) is 1. The van der Waals surface area contributed by atoms with Crippen LogP contribution in [0.3, 0.4) is 0 Å². The molecule has 1 saturated heterocycles. The number of aryl methyl sites for hydroxylation is 1. The quantitative estimate of drug-likeness (QED) is 0.638. The molecule has 1 N–H and O–H groups in total. The van der Waals surface area contributed by atoms with E-state index in [4.69, 9.17) is 4.98 Å². The molecule has 1 aliphatic rings. The van der Waals surface area contributed by atoms with E-state index in [0.29, 0.717) is 5.56 Å². The average molecular weight is 456 g/mol. The van der Waals surface area contributed by atoms with E-state index in [1.54, 1.807) is 17.5 Å². The highest BCUT2D eigenvalue weighted by Crippen LogP contribution is 2.31. The summed E-state index contributed by atoms with van der Waals surface area (Å²) in [6, 6.07) is 6.45. The molecule has 0 aliphatic carbocycles. The summed E-state index contributed by atoms with van der Waals surface area (Å²) < 4.78 is 1.90. The van der Waals surface area contributed by atoms with E-state index >= 15 is 0 Å². The fourth-order valence-electron chi connectivity index (χ4n) is 3.57. The van der Waals surface area contributed by atoms with Gasteiger partial charge in [-0.1, -0.05) is 0 Å². The molecule has 0 aromatic carbocycles. The maximum atomic E-state index is 13.4. The molecule has 1 fully saturated rings. The van der Waals surface area contributed by atoms with Crippen molar-refractivity contribution in [3.63, 3.8) is 0 Å². The first-order chi connectivity index (χ1) is 13.0. The molecule has 1 amide bonds. The molecular formula is C20H27Cl2N5OS. The molecule has 0 saturated carbocycles. The third kappa shape index (κ3) is 4.43. The first kappa shape index (κ1) is 23.6. The van der Waals surface area contributed by atoms with E-state index in [1.807, 2.05) is 15.6 Å². The van der Waals surface area contributed by atoms with Crippen LogP contribution in [0.5, 0.6) is 0 Å². The number of amides is 1. The molecule has 6 nitrogen and oxygen atoms in total. The Bertz CT molecular complexity index is 1000. The largest absolute Gasteiger partial charge is 0.333 e. The summed E-state index contributed by atoms with van der Waals surface area (Å²) in [5.41, 5.74) is 2.32. The van der Waals surface area contributed by atoms with Gasteiger partial charge in [0.25, 0.3) is 5.91 Å². The van der Waals surface area contributed by atoms with Crippen LogP contribution in [0.4, 0.5) is 0 Å². The van der Waals surface area contributed by atoms with Gasteiger partial charge in [0.15, 0.2) is 5.65 Å². The van der Waals surface area contributed by atoms with Gasteiger partial charge in [0.2, 0.25) is 0 Å². The molecule has 4 heterocycles. The predicted octanol–water partition coefficient (Wildman–Crippen LogP) is 4.33. The average Bonchev–Trinajstić information content (AvgIpc) is 3.27. The van der Waals surface area contributed by atoms with Gasteiger partial charge in [-0.05, 0) is 45.9 Å². The SMILES string of the molecule is Cc1ccc(-c2cc(C(=O)N3CCNC[C@H]3C)c3cnn(C(C)C)c3n2)s1.Cl.Cl. The number of pyridine rings is 1. The van der Waals surface area contributed by atoms with Crippen LogP contribution in [-0.2, 0) is 0 Å². The van der Waals surface area contributed by atoms with Crippen LogP contribution in [0.2, 0.25) is 0 Å². The maximum Gasteiger partial charge on any atom is 0.255 e. The number of carbonyl (C=O) groups is 1. The van der Waals surface area contributed by atoms with Crippen molar-refractivity contribution in [1.29, 1.82) is 0 Å². The zero-order chi connectivity index (χ0) is 19.1. The monoisotopic (exact) mass is 455 g/mol. The van der Waals surface area contributed by atoms with Crippen LogP contribution in [0.1, 0.15) is 42.0 Å². The number of rotatable bonds is 3. The number of carbonyl (C=O) groups excluding carboxylic acids is 1. The highest BCUT2D eigenvalue weighted by molar-refractivity contribution is 7.15. The molecule has 0 bridgehead atoms. The minimum atomic E-state index is 0. The van der Waals surface area contributed by atoms with Crippen LogP contribution in [-0.4, -0.2) is 51.2 Å². The van der Waals surface area contributed by atoms with Crippen LogP contribution < -0.4 is 5.32 Å². The zero-order valence-corrected chi connectivity index (χ0v) is 19.5. The Morgan fingerprint density at radius 1 is 1.31 bits per heavy atom. The van der Waals surface area contributed by atoms with E-state index in [0.717, 1.165) is 41.2 Å². The van der Waals surface area contributed by atoms with Gasteiger partial charge in [-0.15, -0.1) is 36.2 Å². The number of hydrogen-bond acceptors (Lipinski definition) is 5. The number of fused-ring (bicyclic) bond motifs is 1. The molecule has 9 heteroatoms. The van der Waals surface area contributed by atoms with E-state index in [9.17, 15) is 4.79 Å². The summed E-state index contributed by atoms with van der Waals surface area (Å²) >= 11 is 1.70. The second kappa shape index (κ2) is 9.43. The fraction of sp³-hybridized carbons (Fsp3) is 0.450. The number of halogens is 2. The lowest BCUT2D eigenvalue weighted by Crippen LogP contribution is -2.52. The smallest absolute Gasteiger partial charge is 0.255 e. The summed E-state index contributed by atoms with van der Waals surface area (Å²) in [4.78, 5) is 22.6. The third-order valence-electron chi connectivity index (χ3n) is 5.04. The number of aromatic nitrogens is 3. The van der Waals surface area contributed by atoms with Crippen molar-refractivity contribution in [2.75, 3.05) is 19.6 Å². The second-order valence-corrected chi connectivity index (χ2v) is 8.73. The zero-order valence-electron chi connectivity index (χ0n) is 17.0. The Labute approximate surface area is 187 Å². The summed E-state index contributed by atoms with van der Waals surface area (Å²) in [5.74, 6) is 0.0641. The Morgan fingerprint density at radius 2 is 2.07 bits per heavy atom. The first-order valence-corrected chi connectivity index (χ1v) is 10.2. The van der Waals surface area contributed by atoms with Gasteiger partial charge in [0, 0.05) is 36.6 Å². The summed E-state index contributed by atoms with van der Waals surface area (Å²) in [5, 5.41) is 8.69. The van der Waals surface area contributed by atoms with Crippen molar-refractivity contribution in [3.8, 4) is 10.6 Å². The Kier molecular flexibility index (Phi) is 7.67. The van der Waals surface area contributed by atoms with Crippen LogP contribution in [0.25, 0.3) is 21.6 Å². The molecule has 1 aliphatic heterocycles. The van der Waals surface area contributed by atoms with E-state index in [-0.39, 0.29) is 42.8 Å². The molecule has 0 unspecified atom stereocenters. The van der Waals surface area contributed by atoms with Gasteiger partial charge < -0.3 is 10.2 Å². The molecular weight excluding hydrogens is 429 g/mol. The molecule has 0 radical (unpaired) electrons. The van der Waals surface area contributed by atoms with Crippen molar-refractivity contribution in [3.05, 3.63) is 34.8 Å². The van der Waals surface area contributed by atoms with Crippen LogP contribution >= 0.6 is 36.2 Å². The first-order valence-electron chi connectivity index (χ1n) is 9.42. The minimum absolute atomic E-state index is 0. The molecule has 3 aromatic rings. The molecule has 4 rings (SSSR count). The van der Waals surface area contributed by atoms with E-state index in [2.05, 4.69) is 50.2 Å². The highest BCUT2D eigenvalue weighted by Gasteiger charge is 2.27. The standard InChI is InChI=1S/C20H25N5OS.2ClH/c1-12(2)25-19-16(11-22-25)15(20(26)24-8-7-21-10-13(24)3)9-17(23-19)18-6-5-14(4)27-18;;/h5-6,9,11-13,21H,7-8,10H2,1-4H3;2*1H/t13-;;/m1../s1. The van der Waals surface area contributed by atoms with Crippen molar-refractivity contribution >= 4 is 53.1 Å². The van der Waals surface area contributed by atoms with E-state index < -0.39 is 0 Å². The Morgan fingerprint density at radius 3 is 2.69 bits per heavy atom. The van der Waals surface area contributed by atoms with Crippen molar-refractivity contribution in [1.82, 2.24) is 25.0 Å². The highest BCUT2D eigenvalue weighted by atomic mass is 35.5. The van der Waals surface area contributed by atoms with Crippen molar-refractivity contribution < 1.29 is 4.79 Å². The summed E-state index contributed by atoms with van der Waals surface area (Å²) in [6.07, 6.45) is 1.78. The van der Waals surface area contributed by atoms with Crippen LogP contribution in [0, 0.1) is 6.92 Å². The normalized spacial score (nSPS) is 16.6. The van der Waals surface area contributed by atoms with Gasteiger partial charge >= 0.3 is 0 Å². The lowest BCUT2D eigenvalue weighted by atomic mass is 10.1. The van der Waals surface area contributed by atoms with Gasteiger partial charge in [-0.3, -0.25) is 4.79 Å². The second-order valence-electron chi connectivity index (χ2n) is 7.44. The summed E-state index contributed by atoms with van der Waals surface area (Å²) in [6.45, 7) is 10.7. The fourth-order valence-corrected chi connectivity index (χ4v) is 4.40. The Hall–Kier alpha value is -1.67. The lowest BCUT2D eigenvalue weighted by Gasteiger charge is -2.34. The van der Waals surface area contributed by atoms with Crippen LogP contribution in [0.15, 0.2) is 24.4 Å². The third-order valence-corrected chi connectivity index (χ3v) is 6.06. The molecule has 3 aromatic heterocycles. The number of nitrogens with zero attached hydrogens (tertiary/aromatic N) is 4. The summed E-state index contributed by atoms with van der Waals surface area (Å²) in [7, 11) is 0. The molecule has 158 valence electrons. The van der Waals surface area contributed by atoms with Crippen molar-refractivity contribution in [2.24, 2.45) is 0 Å². The predicted molar refractivity (Wildman–Crippen MR) is 124 cm³/mol. The van der Waals surface area contributed by atoms with Crippen molar-refractivity contribution in [2.45, 2.75) is 39.8 Å². The van der Waals surface area contributed by atoms with Gasteiger partial charge in [-0.25, -0.2) is 9.67 Å². The topological polar surface area (TPSA) is 63.1 Å². The lowest BCUT2D eigenvalue weighted by molar-refractivity contribution is 0.0658. The van der Waals surface area contributed by atoms with Gasteiger partial charge in [0.1, 0.15) is 0 Å². The number of piperazine rings is 1. The molecule has 29 heavy (non-hydrogen) atoms. The number of thiophene rings is 1. The Balaban J connectivity index is 0.00000150. The molecule has 1 atom stereocenters. The van der Waals surface area contributed by atoms with Gasteiger partial charge in [0.05, 0.1) is 27.7 Å². The van der Waals surface area contributed by atoms with Gasteiger partial charge in [-0.2, -0.15) is 5.10 Å². The van der Waals surface area contributed by atoms with E-state index in [1.165, 1.54) is 4.88 Å². The number of hydrogen-bond donors (Lipinski definition) is 1. The maximum absolute atomic E-state index is 13.4. The minimum Gasteiger partial charge on any atom is -0.333 e.